The van der Waals surface area contributed by atoms with Crippen LogP contribution in [0.3, 0.4) is 0 Å². The highest BCUT2D eigenvalue weighted by atomic mass is 16.6. The summed E-state index contributed by atoms with van der Waals surface area (Å²) in [6, 6.07) is 0. The molecule has 272 valence electrons. The van der Waals surface area contributed by atoms with Crippen molar-refractivity contribution in [2.45, 2.75) is 219 Å². The maximum Gasteiger partial charge on any atom is 0.306 e. The summed E-state index contributed by atoms with van der Waals surface area (Å²) in [5.41, 5.74) is 0. The number of carbonyl (C=O) groups is 1. The molecule has 0 spiro atoms. The van der Waals surface area contributed by atoms with E-state index in [9.17, 15) is 9.90 Å². The van der Waals surface area contributed by atoms with Gasteiger partial charge in [0.2, 0.25) is 0 Å². The van der Waals surface area contributed by atoms with Crippen molar-refractivity contribution in [3.63, 3.8) is 0 Å². The van der Waals surface area contributed by atoms with Gasteiger partial charge in [-0.05, 0) is 44.9 Å². The summed E-state index contributed by atoms with van der Waals surface area (Å²) in [5, 5.41) is 9.57. The molecular weight excluding hydrogens is 568 g/mol. The number of aliphatic hydroxyl groups is 1. The van der Waals surface area contributed by atoms with Crippen LogP contribution in [0.25, 0.3) is 0 Å². The van der Waals surface area contributed by atoms with E-state index >= 15 is 0 Å². The zero-order chi connectivity index (χ0) is 33.4. The second-order valence-corrected chi connectivity index (χ2v) is 13.7. The van der Waals surface area contributed by atoms with Crippen LogP contribution in [-0.4, -0.2) is 37.0 Å². The van der Waals surface area contributed by atoms with E-state index in [4.69, 9.17) is 9.47 Å². The Bertz CT molecular complexity index is 644. The lowest BCUT2D eigenvalue weighted by atomic mass is 10.0. The first-order valence-corrected chi connectivity index (χ1v) is 20.4. The topological polar surface area (TPSA) is 55.8 Å². The Kier molecular flexibility index (Phi) is 39.1. The Hall–Kier alpha value is -1.13. The van der Waals surface area contributed by atoms with Gasteiger partial charge in [0.15, 0.2) is 0 Å². The Morgan fingerprint density at radius 3 is 1.35 bits per heavy atom. The largest absolute Gasteiger partial charge is 0.457 e. The Morgan fingerprint density at radius 2 is 0.913 bits per heavy atom. The summed E-state index contributed by atoms with van der Waals surface area (Å²) in [7, 11) is 0. The molecule has 1 atom stereocenters. The molecule has 0 aliphatic carbocycles. The Morgan fingerprint density at radius 1 is 0.522 bits per heavy atom. The number of unbranched alkanes of at least 4 members (excludes halogenated alkanes) is 26. The van der Waals surface area contributed by atoms with Gasteiger partial charge in [0.05, 0.1) is 13.2 Å². The van der Waals surface area contributed by atoms with Crippen molar-refractivity contribution in [1.82, 2.24) is 0 Å². The van der Waals surface area contributed by atoms with Crippen molar-refractivity contribution in [1.29, 1.82) is 0 Å². The first kappa shape index (κ1) is 44.9. The van der Waals surface area contributed by atoms with Crippen LogP contribution in [-0.2, 0) is 14.3 Å². The van der Waals surface area contributed by atoms with Crippen molar-refractivity contribution >= 4 is 5.97 Å². The first-order valence-electron chi connectivity index (χ1n) is 20.4. The number of hydrogen-bond acceptors (Lipinski definition) is 4. The third-order valence-corrected chi connectivity index (χ3v) is 9.03. The van der Waals surface area contributed by atoms with E-state index < -0.39 is 6.10 Å². The molecule has 0 bridgehead atoms. The van der Waals surface area contributed by atoms with Gasteiger partial charge in [0.25, 0.3) is 0 Å². The summed E-state index contributed by atoms with van der Waals surface area (Å²) in [6.45, 7) is 5.35. The van der Waals surface area contributed by atoms with Gasteiger partial charge >= 0.3 is 5.97 Å². The molecule has 46 heavy (non-hydrogen) atoms. The standard InChI is InChI=1S/C42H80O4/c1-3-5-7-9-11-13-15-17-18-19-20-21-22-23-24-25-26-28-30-32-34-36-38-45-40-41(39-43)46-42(44)37-35-33-31-29-27-16-14-12-10-8-6-4-2/h15,17,19-20,41,43H,3-14,16,18,21-40H2,1-2H3/b17-15-,20-19-. The third kappa shape index (κ3) is 37.3. The second kappa shape index (κ2) is 40.0. The fraction of sp³-hybridized carbons (Fsp3) is 0.881. The van der Waals surface area contributed by atoms with Crippen LogP contribution in [0.5, 0.6) is 0 Å². The van der Waals surface area contributed by atoms with Crippen LogP contribution >= 0.6 is 0 Å². The fourth-order valence-electron chi connectivity index (χ4n) is 5.95. The predicted molar refractivity (Wildman–Crippen MR) is 201 cm³/mol. The molecule has 0 aromatic carbocycles. The number of ether oxygens (including phenoxy) is 2. The molecule has 0 amide bonds. The third-order valence-electron chi connectivity index (χ3n) is 9.03. The quantitative estimate of drug-likeness (QED) is 0.0411. The number of hydrogen-bond donors (Lipinski definition) is 1. The summed E-state index contributed by atoms with van der Waals surface area (Å²) >= 11 is 0. The summed E-state index contributed by atoms with van der Waals surface area (Å²) in [5.74, 6) is -0.200. The number of aliphatic hydroxyl groups excluding tert-OH is 1. The molecule has 1 N–H and O–H groups in total. The van der Waals surface area contributed by atoms with Crippen molar-refractivity contribution in [2.24, 2.45) is 0 Å². The van der Waals surface area contributed by atoms with Crippen molar-refractivity contribution in [3.8, 4) is 0 Å². The van der Waals surface area contributed by atoms with E-state index in [2.05, 4.69) is 38.2 Å². The Balaban J connectivity index is 3.39. The molecule has 0 fully saturated rings. The average Bonchev–Trinajstić information content (AvgIpc) is 3.06. The maximum atomic E-state index is 12.1. The highest BCUT2D eigenvalue weighted by Crippen LogP contribution is 2.14. The fourth-order valence-corrected chi connectivity index (χ4v) is 5.95. The van der Waals surface area contributed by atoms with Crippen molar-refractivity contribution < 1.29 is 19.4 Å². The molecule has 0 saturated carbocycles. The maximum absolute atomic E-state index is 12.1. The lowest BCUT2D eigenvalue weighted by Gasteiger charge is -2.16. The van der Waals surface area contributed by atoms with Crippen LogP contribution < -0.4 is 0 Å². The first-order chi connectivity index (χ1) is 22.7. The predicted octanol–water partition coefficient (Wildman–Crippen LogP) is 13.2. The van der Waals surface area contributed by atoms with Crippen LogP contribution in [0.1, 0.15) is 213 Å². The van der Waals surface area contributed by atoms with Crippen LogP contribution in [0.4, 0.5) is 0 Å². The smallest absolute Gasteiger partial charge is 0.306 e. The van der Waals surface area contributed by atoms with Crippen LogP contribution in [0, 0.1) is 0 Å². The summed E-state index contributed by atoms with van der Waals surface area (Å²) in [6.07, 6.45) is 48.0. The number of rotatable bonds is 38. The molecule has 4 heteroatoms. The molecule has 4 nitrogen and oxygen atoms in total. The molecule has 0 aliphatic heterocycles. The zero-order valence-corrected chi connectivity index (χ0v) is 31.1. The molecule has 0 aromatic heterocycles. The van der Waals surface area contributed by atoms with E-state index in [1.54, 1.807) is 0 Å². The van der Waals surface area contributed by atoms with Gasteiger partial charge in [0, 0.05) is 13.0 Å². The van der Waals surface area contributed by atoms with E-state index in [0.717, 1.165) is 25.7 Å². The summed E-state index contributed by atoms with van der Waals surface area (Å²) < 4.78 is 11.1. The highest BCUT2D eigenvalue weighted by molar-refractivity contribution is 5.69. The van der Waals surface area contributed by atoms with E-state index in [1.165, 1.54) is 167 Å². The van der Waals surface area contributed by atoms with E-state index in [-0.39, 0.29) is 12.6 Å². The average molecular weight is 649 g/mol. The van der Waals surface area contributed by atoms with Gasteiger partial charge in [-0.2, -0.15) is 0 Å². The van der Waals surface area contributed by atoms with Gasteiger partial charge in [-0.1, -0.05) is 186 Å². The minimum absolute atomic E-state index is 0.169. The second-order valence-electron chi connectivity index (χ2n) is 13.7. The van der Waals surface area contributed by atoms with Gasteiger partial charge in [0.1, 0.15) is 6.10 Å². The molecule has 0 rings (SSSR count). The van der Waals surface area contributed by atoms with Gasteiger partial charge in [-0.3, -0.25) is 4.79 Å². The molecule has 0 aromatic rings. The SMILES string of the molecule is CCCCCCC/C=C\C/C=C\CCCCCCCCCCCCOCC(CO)OC(=O)CCCCCCCCCCCCCC. The van der Waals surface area contributed by atoms with E-state index in [0.29, 0.717) is 19.6 Å². The monoisotopic (exact) mass is 649 g/mol. The van der Waals surface area contributed by atoms with Crippen molar-refractivity contribution in [2.75, 3.05) is 19.8 Å². The van der Waals surface area contributed by atoms with Gasteiger partial charge in [-0.25, -0.2) is 0 Å². The van der Waals surface area contributed by atoms with Gasteiger partial charge < -0.3 is 14.6 Å². The van der Waals surface area contributed by atoms with Crippen LogP contribution in [0.15, 0.2) is 24.3 Å². The lowest BCUT2D eigenvalue weighted by Crippen LogP contribution is -2.27. The van der Waals surface area contributed by atoms with Crippen molar-refractivity contribution in [3.05, 3.63) is 24.3 Å². The molecule has 0 heterocycles. The van der Waals surface area contributed by atoms with Crippen LogP contribution in [0.2, 0.25) is 0 Å². The number of esters is 1. The molecule has 0 aliphatic rings. The Labute approximate surface area is 288 Å². The molecular formula is C42H80O4. The highest BCUT2D eigenvalue weighted by Gasteiger charge is 2.13. The number of allylic oxidation sites excluding steroid dienone is 4. The minimum atomic E-state index is -0.530. The molecule has 1 unspecified atom stereocenters. The summed E-state index contributed by atoms with van der Waals surface area (Å²) in [4.78, 5) is 12.1. The normalized spacial score (nSPS) is 12.5. The molecule has 0 saturated heterocycles. The minimum Gasteiger partial charge on any atom is -0.457 e. The zero-order valence-electron chi connectivity index (χ0n) is 31.1. The van der Waals surface area contributed by atoms with E-state index in [1.807, 2.05) is 0 Å². The number of carbonyl (C=O) groups excluding carboxylic acids is 1. The van der Waals surface area contributed by atoms with Gasteiger partial charge in [-0.15, -0.1) is 0 Å². The molecule has 0 radical (unpaired) electrons. The lowest BCUT2D eigenvalue weighted by molar-refractivity contribution is -0.154.